The van der Waals surface area contributed by atoms with Crippen LogP contribution in [0.1, 0.15) is 12.5 Å². The Morgan fingerprint density at radius 1 is 1.26 bits per heavy atom. The van der Waals surface area contributed by atoms with Gasteiger partial charge in [0.1, 0.15) is 0 Å². The number of ether oxygens (including phenoxy) is 3. The van der Waals surface area contributed by atoms with E-state index in [1.165, 1.54) is 0 Å². The van der Waals surface area contributed by atoms with Crippen molar-refractivity contribution in [2.75, 3.05) is 46.6 Å². The number of halogens is 2. The Bertz CT molecular complexity index is 696. The Kier molecular flexibility index (Phi) is 8.27. The number of hydrogen-bond acceptors (Lipinski definition) is 5. The Morgan fingerprint density at radius 2 is 1.96 bits per heavy atom. The molecule has 3 rings (SSSR count). The van der Waals surface area contributed by atoms with Crippen molar-refractivity contribution in [2.24, 2.45) is 4.99 Å². The topological polar surface area (TPSA) is 75.6 Å². The Hall–Kier alpha value is -1.43. The molecule has 0 aromatic heterocycles. The van der Waals surface area contributed by atoms with E-state index in [1.54, 1.807) is 11.9 Å². The van der Waals surface area contributed by atoms with Crippen LogP contribution in [-0.2, 0) is 11.3 Å². The fourth-order valence-corrected chi connectivity index (χ4v) is 3.56. The summed E-state index contributed by atoms with van der Waals surface area (Å²) in [5.74, 6) is 2.30. The molecule has 0 spiro atoms. The zero-order chi connectivity index (χ0) is 18.5. The highest BCUT2D eigenvalue weighted by molar-refractivity contribution is 14.0. The number of rotatable bonds is 3. The van der Waals surface area contributed by atoms with E-state index in [0.29, 0.717) is 39.3 Å². The molecule has 10 heteroatoms. The van der Waals surface area contributed by atoms with E-state index in [1.807, 2.05) is 19.1 Å². The summed E-state index contributed by atoms with van der Waals surface area (Å²) in [6.45, 7) is 5.73. The highest BCUT2D eigenvalue weighted by Gasteiger charge is 2.24. The molecule has 2 heterocycles. The molecular weight excluding hydrogens is 531 g/mol. The minimum Gasteiger partial charge on any atom is -0.454 e. The fraction of sp³-hybridized carbons (Fsp3) is 0.529. The largest absolute Gasteiger partial charge is 0.454 e. The van der Waals surface area contributed by atoms with Crippen molar-refractivity contribution in [1.82, 2.24) is 15.1 Å². The second kappa shape index (κ2) is 10.2. The summed E-state index contributed by atoms with van der Waals surface area (Å²) >= 11 is 3.51. The molecule has 1 fully saturated rings. The van der Waals surface area contributed by atoms with Crippen LogP contribution in [0, 0.1) is 0 Å². The van der Waals surface area contributed by atoms with Gasteiger partial charge in [-0.05, 0) is 40.5 Å². The molecule has 0 atom stereocenters. The predicted molar refractivity (Wildman–Crippen MR) is 116 cm³/mol. The number of guanidine groups is 1. The van der Waals surface area contributed by atoms with E-state index in [0.717, 1.165) is 27.5 Å². The van der Waals surface area contributed by atoms with Crippen molar-refractivity contribution in [3.05, 3.63) is 22.2 Å². The lowest BCUT2D eigenvalue weighted by molar-refractivity contribution is 0.0914. The van der Waals surface area contributed by atoms with E-state index in [-0.39, 0.29) is 36.9 Å². The van der Waals surface area contributed by atoms with Gasteiger partial charge >= 0.3 is 6.09 Å². The standard InChI is InChI=1S/C17H23BrN4O4.HI/c1-3-24-17(23)22-6-4-21(5-7-22)16(19-2)20-10-12-8-13(18)15-14(9-12)25-11-26-15;/h8-9H,3-7,10-11H2,1-2H3,(H,19,20);1H. The maximum atomic E-state index is 11.8. The Balaban J connectivity index is 0.00000261. The molecular formula is C17H24BrIN4O4. The third kappa shape index (κ3) is 5.31. The molecule has 1 N–H and O–H groups in total. The Labute approximate surface area is 184 Å². The molecule has 0 saturated carbocycles. The normalized spacial score (nSPS) is 16.0. The number of hydrogen-bond donors (Lipinski definition) is 1. The van der Waals surface area contributed by atoms with Crippen LogP contribution in [0.5, 0.6) is 11.5 Å². The number of benzene rings is 1. The molecule has 0 aliphatic carbocycles. The summed E-state index contributed by atoms with van der Waals surface area (Å²) in [5.41, 5.74) is 1.06. The molecule has 1 saturated heterocycles. The van der Waals surface area contributed by atoms with Gasteiger partial charge in [-0.1, -0.05) is 0 Å². The summed E-state index contributed by atoms with van der Waals surface area (Å²) in [5, 5.41) is 3.37. The van der Waals surface area contributed by atoms with Crippen LogP contribution in [0.15, 0.2) is 21.6 Å². The van der Waals surface area contributed by atoms with Gasteiger partial charge in [0.05, 0.1) is 11.1 Å². The quantitative estimate of drug-likeness (QED) is 0.352. The lowest BCUT2D eigenvalue weighted by Crippen LogP contribution is -2.53. The van der Waals surface area contributed by atoms with Gasteiger partial charge in [0.15, 0.2) is 17.5 Å². The molecule has 8 nitrogen and oxygen atoms in total. The Morgan fingerprint density at radius 3 is 2.63 bits per heavy atom. The van der Waals surface area contributed by atoms with Crippen LogP contribution in [0.4, 0.5) is 4.79 Å². The van der Waals surface area contributed by atoms with Crippen molar-refractivity contribution in [3.8, 4) is 11.5 Å². The summed E-state index contributed by atoms with van der Waals surface area (Å²) < 4.78 is 16.8. The molecule has 0 radical (unpaired) electrons. The molecule has 1 aromatic rings. The van der Waals surface area contributed by atoms with Crippen molar-refractivity contribution < 1.29 is 19.0 Å². The number of fused-ring (bicyclic) bond motifs is 1. The molecule has 0 bridgehead atoms. The summed E-state index contributed by atoms with van der Waals surface area (Å²) in [4.78, 5) is 20.0. The molecule has 27 heavy (non-hydrogen) atoms. The first-order chi connectivity index (χ1) is 12.6. The van der Waals surface area contributed by atoms with Crippen LogP contribution >= 0.6 is 39.9 Å². The van der Waals surface area contributed by atoms with Crippen LogP contribution in [-0.4, -0.2) is 68.5 Å². The van der Waals surface area contributed by atoms with Crippen molar-refractivity contribution in [3.63, 3.8) is 0 Å². The van der Waals surface area contributed by atoms with E-state index in [2.05, 4.69) is 31.1 Å². The van der Waals surface area contributed by atoms with Gasteiger partial charge in [0.25, 0.3) is 0 Å². The maximum Gasteiger partial charge on any atom is 0.409 e. The fourth-order valence-electron chi connectivity index (χ4n) is 2.95. The summed E-state index contributed by atoms with van der Waals surface area (Å²) in [6.07, 6.45) is -0.250. The third-order valence-electron chi connectivity index (χ3n) is 4.25. The van der Waals surface area contributed by atoms with Crippen molar-refractivity contribution >= 4 is 52.0 Å². The maximum absolute atomic E-state index is 11.8. The highest BCUT2D eigenvalue weighted by atomic mass is 127. The van der Waals surface area contributed by atoms with Gasteiger partial charge in [0, 0.05) is 39.8 Å². The predicted octanol–water partition coefficient (Wildman–Crippen LogP) is 2.65. The van der Waals surface area contributed by atoms with Crippen molar-refractivity contribution in [2.45, 2.75) is 13.5 Å². The third-order valence-corrected chi connectivity index (χ3v) is 4.84. The van der Waals surface area contributed by atoms with E-state index < -0.39 is 0 Å². The van der Waals surface area contributed by atoms with Gasteiger partial charge in [0.2, 0.25) is 6.79 Å². The lowest BCUT2D eigenvalue weighted by atomic mass is 10.2. The first-order valence-corrected chi connectivity index (χ1v) is 9.37. The second-order valence-electron chi connectivity index (χ2n) is 5.89. The molecule has 150 valence electrons. The van der Waals surface area contributed by atoms with Crippen molar-refractivity contribution in [1.29, 1.82) is 0 Å². The van der Waals surface area contributed by atoms with Gasteiger partial charge in [-0.25, -0.2) is 4.79 Å². The summed E-state index contributed by atoms with van der Waals surface area (Å²) in [6, 6.07) is 3.97. The van der Waals surface area contributed by atoms with Crippen LogP contribution in [0.25, 0.3) is 0 Å². The molecule has 2 aliphatic rings. The number of aliphatic imine (C=N–C) groups is 1. The minimum absolute atomic E-state index is 0. The number of nitrogens with zero attached hydrogens (tertiary/aromatic N) is 3. The number of amides is 1. The zero-order valence-electron chi connectivity index (χ0n) is 15.4. The lowest BCUT2D eigenvalue weighted by Gasteiger charge is -2.35. The smallest absolute Gasteiger partial charge is 0.409 e. The molecule has 0 unspecified atom stereocenters. The van der Waals surface area contributed by atoms with Gasteiger partial charge < -0.3 is 29.3 Å². The molecule has 1 amide bonds. The zero-order valence-corrected chi connectivity index (χ0v) is 19.3. The van der Waals surface area contributed by atoms with Gasteiger partial charge in [-0.3, -0.25) is 4.99 Å². The first-order valence-electron chi connectivity index (χ1n) is 8.57. The van der Waals surface area contributed by atoms with E-state index in [4.69, 9.17) is 14.2 Å². The number of carbonyl (C=O) groups is 1. The first kappa shape index (κ1) is 21.9. The molecule has 2 aliphatic heterocycles. The van der Waals surface area contributed by atoms with Crippen LogP contribution in [0.2, 0.25) is 0 Å². The summed E-state index contributed by atoms with van der Waals surface area (Å²) in [7, 11) is 1.76. The van der Waals surface area contributed by atoms with E-state index >= 15 is 0 Å². The van der Waals surface area contributed by atoms with Gasteiger partial charge in [-0.2, -0.15) is 0 Å². The molecule has 1 aromatic carbocycles. The number of carbonyl (C=O) groups excluding carboxylic acids is 1. The SMILES string of the molecule is CCOC(=O)N1CCN(C(=NC)NCc2cc(Br)c3c(c2)OCO3)CC1.I. The number of nitrogens with one attached hydrogen (secondary N) is 1. The van der Waals surface area contributed by atoms with Crippen LogP contribution in [0.3, 0.4) is 0 Å². The highest BCUT2D eigenvalue weighted by Crippen LogP contribution is 2.39. The van der Waals surface area contributed by atoms with Gasteiger partial charge in [-0.15, -0.1) is 24.0 Å². The minimum atomic E-state index is -0.250. The second-order valence-corrected chi connectivity index (χ2v) is 6.74. The average Bonchev–Trinajstić information content (AvgIpc) is 3.12. The van der Waals surface area contributed by atoms with E-state index in [9.17, 15) is 4.79 Å². The monoisotopic (exact) mass is 554 g/mol. The number of piperazine rings is 1. The average molecular weight is 555 g/mol. The van der Waals surface area contributed by atoms with Crippen LogP contribution < -0.4 is 14.8 Å².